The molecule has 26 heavy (non-hydrogen) atoms. The highest BCUT2D eigenvalue weighted by atomic mass is 32.2. The average Bonchev–Trinajstić information content (AvgIpc) is 2.96. The lowest BCUT2D eigenvalue weighted by atomic mass is 10.0. The summed E-state index contributed by atoms with van der Waals surface area (Å²) in [6, 6.07) is 10.2. The van der Waals surface area contributed by atoms with Gasteiger partial charge in [0.2, 0.25) is 0 Å². The number of aryl methyl sites for hydroxylation is 1. The van der Waals surface area contributed by atoms with Gasteiger partial charge < -0.3 is 19.7 Å². The standard InChI is InChI=1S/C16H22O4S.C5H12/c1-15(2)19-10-16(20-15)14(18)13(17)12(21-16)9-8-11-6-4-3-5-7-11;1-5(2,3)4/h3-7,12-14,17-18H,8-10H2,1-2H3;1-4H3. The average molecular weight is 383 g/mol. The van der Waals surface area contributed by atoms with Crippen molar-refractivity contribution in [2.45, 2.75) is 82.6 Å². The van der Waals surface area contributed by atoms with Crippen LogP contribution in [0.2, 0.25) is 0 Å². The summed E-state index contributed by atoms with van der Waals surface area (Å²) < 4.78 is 11.5. The molecule has 0 saturated carbocycles. The predicted octanol–water partition coefficient (Wildman–Crippen LogP) is 3.99. The van der Waals surface area contributed by atoms with E-state index >= 15 is 0 Å². The van der Waals surface area contributed by atoms with Crippen molar-refractivity contribution in [1.82, 2.24) is 0 Å². The van der Waals surface area contributed by atoms with E-state index in [1.165, 1.54) is 17.3 Å². The van der Waals surface area contributed by atoms with Crippen molar-refractivity contribution in [3.8, 4) is 0 Å². The molecule has 0 aromatic heterocycles. The molecule has 0 radical (unpaired) electrons. The van der Waals surface area contributed by atoms with Crippen molar-refractivity contribution in [3.63, 3.8) is 0 Å². The van der Waals surface area contributed by atoms with E-state index in [0.29, 0.717) is 12.0 Å². The third-order valence-electron chi connectivity index (χ3n) is 4.11. The van der Waals surface area contributed by atoms with Crippen molar-refractivity contribution in [2.24, 2.45) is 5.41 Å². The van der Waals surface area contributed by atoms with Crippen LogP contribution in [0, 0.1) is 5.41 Å². The monoisotopic (exact) mass is 382 g/mol. The van der Waals surface area contributed by atoms with Gasteiger partial charge in [-0.05, 0) is 37.7 Å². The summed E-state index contributed by atoms with van der Waals surface area (Å²) in [6.45, 7) is 12.7. The fourth-order valence-electron chi connectivity index (χ4n) is 3.00. The maximum atomic E-state index is 10.4. The summed E-state index contributed by atoms with van der Waals surface area (Å²) in [5.74, 6) is -0.706. The number of aliphatic hydroxyl groups excluding tert-OH is 2. The Morgan fingerprint density at radius 2 is 1.69 bits per heavy atom. The van der Waals surface area contributed by atoms with Crippen LogP contribution in [0.3, 0.4) is 0 Å². The minimum atomic E-state index is -0.912. The first-order chi connectivity index (χ1) is 11.9. The fourth-order valence-corrected chi connectivity index (χ4v) is 4.69. The second kappa shape index (κ2) is 8.19. The summed E-state index contributed by atoms with van der Waals surface area (Å²) in [6.07, 6.45) is -0.0117. The minimum absolute atomic E-state index is 0.0438. The minimum Gasteiger partial charge on any atom is -0.389 e. The van der Waals surface area contributed by atoms with Crippen LogP contribution in [0.5, 0.6) is 0 Å². The Kier molecular flexibility index (Phi) is 6.84. The molecule has 2 N–H and O–H groups in total. The van der Waals surface area contributed by atoms with Gasteiger partial charge in [0.25, 0.3) is 0 Å². The molecule has 0 amide bonds. The quantitative estimate of drug-likeness (QED) is 0.828. The molecule has 0 aliphatic carbocycles. The number of benzene rings is 1. The molecule has 5 heteroatoms. The summed E-state index contributed by atoms with van der Waals surface area (Å²) in [7, 11) is 0. The van der Waals surface area contributed by atoms with Gasteiger partial charge in [-0.1, -0.05) is 58.0 Å². The molecule has 2 saturated heterocycles. The van der Waals surface area contributed by atoms with Crippen molar-refractivity contribution < 1.29 is 19.7 Å². The highest BCUT2D eigenvalue weighted by molar-refractivity contribution is 8.01. The Morgan fingerprint density at radius 1 is 1.12 bits per heavy atom. The van der Waals surface area contributed by atoms with Crippen molar-refractivity contribution in [2.75, 3.05) is 6.61 Å². The smallest absolute Gasteiger partial charge is 0.169 e. The zero-order chi connectivity index (χ0) is 19.6. The summed E-state index contributed by atoms with van der Waals surface area (Å²) >= 11 is 1.51. The Labute approximate surface area is 162 Å². The van der Waals surface area contributed by atoms with Gasteiger partial charge in [-0.15, -0.1) is 11.8 Å². The van der Waals surface area contributed by atoms with Crippen LogP contribution in [0.4, 0.5) is 0 Å². The van der Waals surface area contributed by atoms with Crippen LogP contribution in [-0.4, -0.2) is 45.0 Å². The molecule has 2 aliphatic heterocycles. The Bertz CT molecular complexity index is 563. The van der Waals surface area contributed by atoms with Crippen LogP contribution in [0.25, 0.3) is 0 Å². The molecule has 2 heterocycles. The lowest BCUT2D eigenvalue weighted by molar-refractivity contribution is -0.165. The summed E-state index contributed by atoms with van der Waals surface area (Å²) in [5.41, 5.74) is 1.74. The molecule has 148 valence electrons. The van der Waals surface area contributed by atoms with E-state index < -0.39 is 22.9 Å². The van der Waals surface area contributed by atoms with E-state index in [1.54, 1.807) is 0 Å². The van der Waals surface area contributed by atoms with Gasteiger partial charge in [0.05, 0.1) is 12.7 Å². The molecule has 4 atom stereocenters. The second-order valence-corrected chi connectivity index (χ2v) is 10.8. The van der Waals surface area contributed by atoms with Crippen LogP contribution in [-0.2, 0) is 15.9 Å². The molecular formula is C21H34O4S. The lowest BCUT2D eigenvalue weighted by Crippen LogP contribution is -2.44. The molecule has 3 rings (SSSR count). The lowest BCUT2D eigenvalue weighted by Gasteiger charge is -2.27. The van der Waals surface area contributed by atoms with Gasteiger partial charge in [0, 0.05) is 5.25 Å². The van der Waals surface area contributed by atoms with Gasteiger partial charge in [-0.2, -0.15) is 0 Å². The van der Waals surface area contributed by atoms with Crippen LogP contribution in [0.1, 0.15) is 53.5 Å². The zero-order valence-electron chi connectivity index (χ0n) is 16.9. The maximum absolute atomic E-state index is 10.4. The Morgan fingerprint density at radius 3 is 2.19 bits per heavy atom. The molecule has 0 bridgehead atoms. The molecule has 2 aliphatic rings. The SMILES string of the molecule is CC(C)(C)C.CC1(C)OCC2(O1)SC(CCc1ccccc1)C(O)C2O. The predicted molar refractivity (Wildman–Crippen MR) is 107 cm³/mol. The van der Waals surface area contributed by atoms with Crippen LogP contribution >= 0.6 is 11.8 Å². The van der Waals surface area contributed by atoms with E-state index in [4.69, 9.17) is 9.47 Å². The number of hydrogen-bond donors (Lipinski definition) is 2. The van der Waals surface area contributed by atoms with Crippen molar-refractivity contribution in [1.29, 1.82) is 0 Å². The number of hydrogen-bond acceptors (Lipinski definition) is 5. The molecule has 1 aromatic rings. The first-order valence-corrected chi connectivity index (χ1v) is 10.2. The van der Waals surface area contributed by atoms with Gasteiger partial charge in [-0.25, -0.2) is 0 Å². The van der Waals surface area contributed by atoms with Crippen molar-refractivity contribution >= 4 is 11.8 Å². The van der Waals surface area contributed by atoms with E-state index in [9.17, 15) is 10.2 Å². The van der Waals surface area contributed by atoms with Crippen molar-refractivity contribution in [3.05, 3.63) is 35.9 Å². The Balaban J connectivity index is 0.000000431. The van der Waals surface area contributed by atoms with Gasteiger partial charge in [0.15, 0.2) is 10.7 Å². The van der Waals surface area contributed by atoms with Gasteiger partial charge in [0.1, 0.15) is 6.10 Å². The first kappa shape index (κ1) is 21.7. The van der Waals surface area contributed by atoms with Crippen LogP contribution in [0.15, 0.2) is 30.3 Å². The molecule has 1 spiro atoms. The highest BCUT2D eigenvalue weighted by Crippen LogP contribution is 2.51. The van der Waals surface area contributed by atoms with E-state index in [-0.39, 0.29) is 5.25 Å². The molecule has 2 fully saturated rings. The maximum Gasteiger partial charge on any atom is 0.169 e. The van der Waals surface area contributed by atoms with E-state index in [1.807, 2.05) is 32.0 Å². The number of aliphatic hydroxyl groups is 2. The van der Waals surface area contributed by atoms with Crippen LogP contribution < -0.4 is 0 Å². The van der Waals surface area contributed by atoms with E-state index in [2.05, 4.69) is 39.8 Å². The largest absolute Gasteiger partial charge is 0.389 e. The molecule has 4 unspecified atom stereocenters. The second-order valence-electron chi connectivity index (χ2n) is 9.22. The number of ether oxygens (including phenoxy) is 2. The topological polar surface area (TPSA) is 58.9 Å². The first-order valence-electron chi connectivity index (χ1n) is 9.34. The fraction of sp³-hybridized carbons (Fsp3) is 0.714. The summed E-state index contributed by atoms with van der Waals surface area (Å²) in [5, 5.41) is 20.7. The van der Waals surface area contributed by atoms with Gasteiger partial charge in [-0.3, -0.25) is 0 Å². The molecule has 4 nitrogen and oxygen atoms in total. The van der Waals surface area contributed by atoms with Gasteiger partial charge >= 0.3 is 0 Å². The normalized spacial score (nSPS) is 33.2. The highest BCUT2D eigenvalue weighted by Gasteiger charge is 2.60. The molecule has 1 aromatic carbocycles. The number of thioether (sulfide) groups is 1. The van der Waals surface area contributed by atoms with E-state index in [0.717, 1.165) is 12.8 Å². The number of rotatable bonds is 3. The third-order valence-corrected chi connectivity index (χ3v) is 5.76. The summed E-state index contributed by atoms with van der Waals surface area (Å²) in [4.78, 5) is -0.829. The Hall–Kier alpha value is -0.590. The third kappa shape index (κ3) is 5.96. The molecular weight excluding hydrogens is 348 g/mol. The zero-order valence-corrected chi connectivity index (χ0v) is 17.7.